The van der Waals surface area contributed by atoms with E-state index in [1.54, 1.807) is 13.1 Å². The van der Waals surface area contributed by atoms with E-state index in [4.69, 9.17) is 5.73 Å². The summed E-state index contributed by atoms with van der Waals surface area (Å²) in [6.45, 7) is 0.139. The Labute approximate surface area is 93.8 Å². The summed E-state index contributed by atoms with van der Waals surface area (Å²) in [5.74, 6) is 0.138. The molecule has 0 spiro atoms. The van der Waals surface area contributed by atoms with Gasteiger partial charge in [-0.2, -0.15) is 0 Å². The quantitative estimate of drug-likeness (QED) is 0.707. The highest BCUT2D eigenvalue weighted by Gasteiger charge is 2.24. The molecule has 2 heterocycles. The third-order valence-electron chi connectivity index (χ3n) is 2.95. The fraction of sp³-hybridized carbons (Fsp3) is 0.500. The number of nitrogens with zero attached hydrogens (tertiary/aromatic N) is 1. The molecule has 0 aromatic carbocycles. The van der Waals surface area contributed by atoms with Crippen LogP contribution >= 0.6 is 0 Å². The molecule has 0 atom stereocenters. The molecule has 0 saturated carbocycles. The molecular weight excluding hydrogens is 228 g/mol. The SMILES string of the molecule is Cn1c2c(cc(CN)c1=O)CS(=O)(=O)CC2. The second-order valence-corrected chi connectivity index (χ2v) is 6.24. The topological polar surface area (TPSA) is 82.2 Å². The van der Waals surface area contributed by atoms with Gasteiger partial charge in [-0.05, 0) is 11.6 Å². The van der Waals surface area contributed by atoms with Crippen LogP contribution < -0.4 is 11.3 Å². The summed E-state index contributed by atoms with van der Waals surface area (Å²) in [6, 6.07) is 1.63. The Morgan fingerprint density at radius 3 is 2.81 bits per heavy atom. The van der Waals surface area contributed by atoms with E-state index in [1.165, 1.54) is 4.57 Å². The summed E-state index contributed by atoms with van der Waals surface area (Å²) >= 11 is 0. The first-order valence-electron chi connectivity index (χ1n) is 5.06. The van der Waals surface area contributed by atoms with E-state index in [0.717, 1.165) is 5.69 Å². The van der Waals surface area contributed by atoms with E-state index in [0.29, 0.717) is 17.5 Å². The van der Waals surface area contributed by atoms with Crippen molar-refractivity contribution in [3.05, 3.63) is 33.2 Å². The maximum atomic E-state index is 11.8. The zero-order valence-electron chi connectivity index (χ0n) is 9.06. The lowest BCUT2D eigenvalue weighted by molar-refractivity contribution is 0.587. The van der Waals surface area contributed by atoms with Crippen LogP contribution in [0.15, 0.2) is 10.9 Å². The Balaban J connectivity index is 2.66. The first kappa shape index (κ1) is 11.3. The first-order valence-corrected chi connectivity index (χ1v) is 6.88. The van der Waals surface area contributed by atoms with Gasteiger partial charge in [-0.25, -0.2) is 8.42 Å². The van der Waals surface area contributed by atoms with E-state index < -0.39 is 9.84 Å². The zero-order valence-corrected chi connectivity index (χ0v) is 9.88. The minimum absolute atomic E-state index is 0.0173. The van der Waals surface area contributed by atoms with Crippen molar-refractivity contribution in [1.29, 1.82) is 0 Å². The Bertz CT molecular complexity index is 587. The van der Waals surface area contributed by atoms with Crippen LogP contribution in [0, 0.1) is 0 Å². The molecule has 1 aromatic heterocycles. The van der Waals surface area contributed by atoms with E-state index in [2.05, 4.69) is 0 Å². The van der Waals surface area contributed by atoms with Crippen LogP contribution in [0.3, 0.4) is 0 Å². The molecule has 0 saturated heterocycles. The molecule has 0 unspecified atom stereocenters. The predicted molar refractivity (Wildman–Crippen MR) is 60.8 cm³/mol. The number of fused-ring (bicyclic) bond motifs is 1. The second-order valence-electron chi connectivity index (χ2n) is 4.05. The van der Waals surface area contributed by atoms with Gasteiger partial charge in [0.2, 0.25) is 0 Å². The Morgan fingerprint density at radius 1 is 1.50 bits per heavy atom. The second kappa shape index (κ2) is 3.71. The van der Waals surface area contributed by atoms with Crippen molar-refractivity contribution >= 4 is 9.84 Å². The molecule has 2 rings (SSSR count). The largest absolute Gasteiger partial charge is 0.326 e. The molecule has 1 aliphatic heterocycles. The van der Waals surface area contributed by atoms with Crippen LogP contribution in [0.1, 0.15) is 16.8 Å². The van der Waals surface area contributed by atoms with Gasteiger partial charge < -0.3 is 10.3 Å². The number of hydrogen-bond donors (Lipinski definition) is 1. The van der Waals surface area contributed by atoms with Crippen molar-refractivity contribution in [2.75, 3.05) is 5.75 Å². The smallest absolute Gasteiger partial charge is 0.254 e. The molecule has 0 bridgehead atoms. The number of sulfone groups is 1. The predicted octanol–water partition coefficient (Wildman–Crippen LogP) is -0.685. The molecule has 1 aliphatic rings. The van der Waals surface area contributed by atoms with E-state index in [-0.39, 0.29) is 23.6 Å². The first-order chi connectivity index (χ1) is 7.44. The highest BCUT2D eigenvalue weighted by Crippen LogP contribution is 2.19. The number of hydrogen-bond acceptors (Lipinski definition) is 4. The summed E-state index contributed by atoms with van der Waals surface area (Å²) in [6.07, 6.45) is 0.411. The van der Waals surface area contributed by atoms with Crippen LogP contribution in [-0.2, 0) is 35.6 Å². The molecule has 0 amide bonds. The summed E-state index contributed by atoms with van der Waals surface area (Å²) in [5.41, 5.74) is 7.34. The minimum atomic E-state index is -3.01. The maximum absolute atomic E-state index is 11.8. The van der Waals surface area contributed by atoms with Gasteiger partial charge in [0.15, 0.2) is 9.84 Å². The molecule has 6 heteroatoms. The molecule has 0 radical (unpaired) electrons. The standard InChI is InChI=1S/C10H14N2O3S/c1-12-9-2-3-16(14,15)6-8(9)4-7(5-11)10(12)13/h4H,2-3,5-6,11H2,1H3. The Hall–Kier alpha value is -1.14. The fourth-order valence-electron chi connectivity index (χ4n) is 2.07. The van der Waals surface area contributed by atoms with E-state index >= 15 is 0 Å². The van der Waals surface area contributed by atoms with Crippen LogP contribution in [0.4, 0.5) is 0 Å². The summed E-state index contributed by atoms with van der Waals surface area (Å²) in [4.78, 5) is 11.8. The van der Waals surface area contributed by atoms with Crippen molar-refractivity contribution in [2.24, 2.45) is 12.8 Å². The number of nitrogens with two attached hydrogens (primary N) is 1. The summed E-state index contributed by atoms with van der Waals surface area (Å²) < 4.78 is 24.5. The normalized spacial score (nSPS) is 18.1. The molecule has 88 valence electrons. The molecule has 2 N–H and O–H groups in total. The van der Waals surface area contributed by atoms with Gasteiger partial charge in [0.25, 0.3) is 5.56 Å². The van der Waals surface area contributed by atoms with E-state index in [1.807, 2.05) is 0 Å². The number of aromatic nitrogens is 1. The third-order valence-corrected chi connectivity index (χ3v) is 4.53. The van der Waals surface area contributed by atoms with Gasteiger partial charge in [0.1, 0.15) is 0 Å². The molecule has 1 aromatic rings. The monoisotopic (exact) mass is 242 g/mol. The van der Waals surface area contributed by atoms with Gasteiger partial charge in [-0.3, -0.25) is 4.79 Å². The number of pyridine rings is 1. The lowest BCUT2D eigenvalue weighted by Crippen LogP contribution is -2.31. The molecule has 16 heavy (non-hydrogen) atoms. The van der Waals surface area contributed by atoms with Crippen molar-refractivity contribution in [1.82, 2.24) is 4.57 Å². The summed E-state index contributed by atoms with van der Waals surface area (Å²) in [7, 11) is -1.34. The fourth-order valence-corrected chi connectivity index (χ4v) is 3.44. The van der Waals surface area contributed by atoms with Crippen molar-refractivity contribution in [2.45, 2.75) is 18.7 Å². The van der Waals surface area contributed by atoms with Gasteiger partial charge >= 0.3 is 0 Å². The van der Waals surface area contributed by atoms with Crippen LogP contribution in [0.25, 0.3) is 0 Å². The lowest BCUT2D eigenvalue weighted by Gasteiger charge is -2.20. The highest BCUT2D eigenvalue weighted by atomic mass is 32.2. The van der Waals surface area contributed by atoms with Crippen LogP contribution in [0.5, 0.6) is 0 Å². The minimum Gasteiger partial charge on any atom is -0.326 e. The average molecular weight is 242 g/mol. The van der Waals surface area contributed by atoms with Gasteiger partial charge in [0, 0.05) is 31.3 Å². The van der Waals surface area contributed by atoms with Crippen molar-refractivity contribution in [3.8, 4) is 0 Å². The zero-order chi connectivity index (χ0) is 11.9. The molecule has 0 fully saturated rings. The van der Waals surface area contributed by atoms with Gasteiger partial charge in [0.05, 0.1) is 11.5 Å². The molecule has 0 aliphatic carbocycles. The Morgan fingerprint density at radius 2 is 2.19 bits per heavy atom. The van der Waals surface area contributed by atoms with Gasteiger partial charge in [-0.1, -0.05) is 0 Å². The average Bonchev–Trinajstić information content (AvgIpc) is 2.22. The highest BCUT2D eigenvalue weighted by molar-refractivity contribution is 7.90. The van der Waals surface area contributed by atoms with E-state index in [9.17, 15) is 13.2 Å². The van der Waals surface area contributed by atoms with Gasteiger partial charge in [-0.15, -0.1) is 0 Å². The number of rotatable bonds is 1. The van der Waals surface area contributed by atoms with Crippen molar-refractivity contribution < 1.29 is 8.42 Å². The van der Waals surface area contributed by atoms with Crippen LogP contribution in [-0.4, -0.2) is 18.7 Å². The maximum Gasteiger partial charge on any atom is 0.254 e. The lowest BCUT2D eigenvalue weighted by atomic mass is 10.1. The third kappa shape index (κ3) is 1.78. The molecule has 5 nitrogen and oxygen atoms in total. The molecular formula is C10H14N2O3S. The summed E-state index contributed by atoms with van der Waals surface area (Å²) in [5, 5.41) is 0. The van der Waals surface area contributed by atoms with Crippen LogP contribution in [0.2, 0.25) is 0 Å². The Kier molecular flexibility index (Phi) is 2.63. The van der Waals surface area contributed by atoms with Crippen molar-refractivity contribution in [3.63, 3.8) is 0 Å².